The summed E-state index contributed by atoms with van der Waals surface area (Å²) in [4.78, 5) is 22.3. The molecule has 1 N–H and O–H groups in total. The molecule has 0 aliphatic heterocycles. The number of benzene rings is 1. The van der Waals surface area contributed by atoms with Crippen LogP contribution >= 0.6 is 0 Å². The molecule has 0 heterocycles. The third kappa shape index (κ3) is 2.67. The standard InChI is InChI=1S/C13H16N2O3/c1-9-6-7-11(15(17)18)8-12(9)13(16)14-10-4-2-3-5-10/h6-8,10H,2-5H2,1H3,(H,14,16). The summed E-state index contributed by atoms with van der Waals surface area (Å²) in [5.41, 5.74) is 1.12. The lowest BCUT2D eigenvalue weighted by Crippen LogP contribution is -2.33. The van der Waals surface area contributed by atoms with Gasteiger partial charge in [-0.05, 0) is 25.3 Å². The van der Waals surface area contributed by atoms with Gasteiger partial charge in [0, 0.05) is 23.7 Å². The number of hydrogen-bond donors (Lipinski definition) is 1. The number of nitrogens with zero attached hydrogens (tertiary/aromatic N) is 1. The number of rotatable bonds is 3. The highest BCUT2D eigenvalue weighted by atomic mass is 16.6. The molecule has 5 nitrogen and oxygen atoms in total. The van der Waals surface area contributed by atoms with Gasteiger partial charge in [-0.1, -0.05) is 18.9 Å². The monoisotopic (exact) mass is 248 g/mol. The Labute approximate surface area is 105 Å². The molecular weight excluding hydrogens is 232 g/mol. The van der Waals surface area contributed by atoms with Crippen molar-refractivity contribution in [3.63, 3.8) is 0 Å². The third-order valence-corrected chi connectivity index (χ3v) is 3.37. The van der Waals surface area contributed by atoms with E-state index in [4.69, 9.17) is 0 Å². The Bertz CT molecular complexity index is 479. The van der Waals surface area contributed by atoms with Crippen LogP contribution in [0.15, 0.2) is 18.2 Å². The zero-order chi connectivity index (χ0) is 13.1. The van der Waals surface area contributed by atoms with E-state index >= 15 is 0 Å². The van der Waals surface area contributed by atoms with Crippen LogP contribution < -0.4 is 5.32 Å². The molecule has 1 aromatic rings. The van der Waals surface area contributed by atoms with Crippen molar-refractivity contribution < 1.29 is 9.72 Å². The van der Waals surface area contributed by atoms with E-state index in [-0.39, 0.29) is 17.6 Å². The summed E-state index contributed by atoms with van der Waals surface area (Å²) in [7, 11) is 0. The predicted octanol–water partition coefficient (Wildman–Crippen LogP) is 2.58. The maximum Gasteiger partial charge on any atom is 0.270 e. The van der Waals surface area contributed by atoms with E-state index in [2.05, 4.69) is 5.32 Å². The van der Waals surface area contributed by atoms with Gasteiger partial charge in [0.1, 0.15) is 0 Å². The Kier molecular flexibility index (Phi) is 3.60. The maximum atomic E-state index is 12.1. The van der Waals surface area contributed by atoms with Gasteiger partial charge in [0.25, 0.3) is 11.6 Å². The van der Waals surface area contributed by atoms with E-state index in [1.54, 1.807) is 13.0 Å². The molecule has 0 aromatic heterocycles. The third-order valence-electron chi connectivity index (χ3n) is 3.37. The molecule has 0 atom stereocenters. The first-order valence-electron chi connectivity index (χ1n) is 6.14. The molecule has 0 bridgehead atoms. The van der Waals surface area contributed by atoms with Crippen LogP contribution in [0.25, 0.3) is 0 Å². The Balaban J connectivity index is 2.17. The van der Waals surface area contributed by atoms with Crippen molar-refractivity contribution in [2.45, 2.75) is 38.6 Å². The summed E-state index contributed by atoms with van der Waals surface area (Å²) in [6, 6.07) is 4.60. The Morgan fingerprint density at radius 1 is 1.39 bits per heavy atom. The predicted molar refractivity (Wildman–Crippen MR) is 67.6 cm³/mol. The molecule has 96 valence electrons. The number of amides is 1. The molecule has 18 heavy (non-hydrogen) atoms. The van der Waals surface area contributed by atoms with Gasteiger partial charge in [0.15, 0.2) is 0 Å². The lowest BCUT2D eigenvalue weighted by Gasteiger charge is -2.13. The summed E-state index contributed by atoms with van der Waals surface area (Å²) in [6.07, 6.45) is 4.27. The fourth-order valence-corrected chi connectivity index (χ4v) is 2.30. The van der Waals surface area contributed by atoms with Crippen LogP contribution in [0.1, 0.15) is 41.6 Å². The fourth-order valence-electron chi connectivity index (χ4n) is 2.30. The summed E-state index contributed by atoms with van der Waals surface area (Å²) in [5, 5.41) is 13.6. The second-order valence-corrected chi connectivity index (χ2v) is 4.71. The fraction of sp³-hybridized carbons (Fsp3) is 0.462. The van der Waals surface area contributed by atoms with Gasteiger partial charge in [-0.2, -0.15) is 0 Å². The first-order chi connectivity index (χ1) is 8.58. The van der Waals surface area contributed by atoms with Crippen molar-refractivity contribution in [1.82, 2.24) is 5.32 Å². The highest BCUT2D eigenvalue weighted by molar-refractivity contribution is 5.96. The van der Waals surface area contributed by atoms with Gasteiger partial charge < -0.3 is 5.32 Å². The average molecular weight is 248 g/mol. The normalized spacial score (nSPS) is 15.6. The highest BCUT2D eigenvalue weighted by Crippen LogP contribution is 2.20. The number of nitrogens with one attached hydrogen (secondary N) is 1. The second kappa shape index (κ2) is 5.16. The average Bonchev–Trinajstić information content (AvgIpc) is 2.81. The van der Waals surface area contributed by atoms with E-state index in [0.717, 1.165) is 31.2 Å². The summed E-state index contributed by atoms with van der Waals surface area (Å²) < 4.78 is 0. The first kappa shape index (κ1) is 12.5. The number of hydrogen-bond acceptors (Lipinski definition) is 3. The Morgan fingerprint density at radius 3 is 2.67 bits per heavy atom. The van der Waals surface area contributed by atoms with Gasteiger partial charge in [-0.15, -0.1) is 0 Å². The lowest BCUT2D eigenvalue weighted by molar-refractivity contribution is -0.384. The second-order valence-electron chi connectivity index (χ2n) is 4.71. The Morgan fingerprint density at radius 2 is 2.06 bits per heavy atom. The zero-order valence-electron chi connectivity index (χ0n) is 10.3. The highest BCUT2D eigenvalue weighted by Gasteiger charge is 2.20. The van der Waals surface area contributed by atoms with Gasteiger partial charge in [-0.3, -0.25) is 14.9 Å². The minimum Gasteiger partial charge on any atom is -0.349 e. The molecule has 1 aliphatic rings. The number of carbonyl (C=O) groups is 1. The van der Waals surface area contributed by atoms with Crippen LogP contribution in [0.2, 0.25) is 0 Å². The first-order valence-corrected chi connectivity index (χ1v) is 6.14. The van der Waals surface area contributed by atoms with Crippen LogP contribution in [0.4, 0.5) is 5.69 Å². The maximum absolute atomic E-state index is 12.1. The largest absolute Gasteiger partial charge is 0.349 e. The molecule has 0 unspecified atom stereocenters. The summed E-state index contributed by atoms with van der Waals surface area (Å²) in [5.74, 6) is -0.205. The van der Waals surface area contributed by atoms with Gasteiger partial charge in [0.05, 0.1) is 4.92 Å². The number of nitro benzene ring substituents is 1. The van der Waals surface area contributed by atoms with Crippen molar-refractivity contribution in [3.8, 4) is 0 Å². The van der Waals surface area contributed by atoms with Gasteiger partial charge >= 0.3 is 0 Å². The summed E-state index contributed by atoms with van der Waals surface area (Å²) >= 11 is 0. The molecule has 0 radical (unpaired) electrons. The van der Waals surface area contributed by atoms with Gasteiger partial charge in [0.2, 0.25) is 0 Å². The van der Waals surface area contributed by atoms with Crippen molar-refractivity contribution >= 4 is 11.6 Å². The minimum atomic E-state index is -0.480. The molecule has 1 fully saturated rings. The van der Waals surface area contributed by atoms with Crippen molar-refractivity contribution in [2.75, 3.05) is 0 Å². The molecule has 0 saturated heterocycles. The van der Waals surface area contributed by atoms with Crippen LogP contribution in [-0.4, -0.2) is 16.9 Å². The smallest absolute Gasteiger partial charge is 0.270 e. The quantitative estimate of drug-likeness (QED) is 0.660. The van der Waals surface area contributed by atoms with E-state index in [1.807, 2.05) is 0 Å². The molecule has 1 saturated carbocycles. The van der Waals surface area contributed by atoms with E-state index < -0.39 is 4.92 Å². The van der Waals surface area contributed by atoms with Crippen molar-refractivity contribution in [1.29, 1.82) is 0 Å². The van der Waals surface area contributed by atoms with Crippen LogP contribution in [0.5, 0.6) is 0 Å². The zero-order valence-corrected chi connectivity index (χ0v) is 10.3. The number of nitro groups is 1. The van der Waals surface area contributed by atoms with E-state index in [0.29, 0.717) is 5.56 Å². The van der Waals surface area contributed by atoms with Crippen molar-refractivity contribution in [2.24, 2.45) is 0 Å². The molecule has 1 aromatic carbocycles. The van der Waals surface area contributed by atoms with Crippen LogP contribution in [0.3, 0.4) is 0 Å². The molecule has 5 heteroatoms. The molecule has 2 rings (SSSR count). The topological polar surface area (TPSA) is 72.2 Å². The summed E-state index contributed by atoms with van der Waals surface area (Å²) in [6.45, 7) is 1.79. The van der Waals surface area contributed by atoms with Crippen molar-refractivity contribution in [3.05, 3.63) is 39.4 Å². The molecule has 1 amide bonds. The number of non-ortho nitro benzene ring substituents is 1. The number of carbonyl (C=O) groups excluding carboxylic acids is 1. The minimum absolute atomic E-state index is 0.0443. The van der Waals surface area contributed by atoms with Crippen LogP contribution in [0, 0.1) is 17.0 Å². The molecule has 1 aliphatic carbocycles. The Hall–Kier alpha value is -1.91. The van der Waals surface area contributed by atoms with Gasteiger partial charge in [-0.25, -0.2) is 0 Å². The van der Waals surface area contributed by atoms with E-state index in [1.165, 1.54) is 12.1 Å². The molecular formula is C13H16N2O3. The number of aryl methyl sites for hydroxylation is 1. The van der Waals surface area contributed by atoms with Crippen LogP contribution in [-0.2, 0) is 0 Å². The lowest BCUT2D eigenvalue weighted by atomic mass is 10.1. The van der Waals surface area contributed by atoms with E-state index in [9.17, 15) is 14.9 Å². The SMILES string of the molecule is Cc1ccc([N+](=O)[O-])cc1C(=O)NC1CCCC1. The molecule has 0 spiro atoms.